The fourth-order valence-electron chi connectivity index (χ4n) is 2.72. The maximum absolute atomic E-state index is 12.8. The molecular formula is C19H20N2O3. The first-order chi connectivity index (χ1) is 11.5. The van der Waals surface area contributed by atoms with Crippen LogP contribution in [0.25, 0.3) is 0 Å². The molecule has 24 heavy (non-hydrogen) atoms. The van der Waals surface area contributed by atoms with Crippen LogP contribution in [-0.2, 0) is 9.59 Å². The lowest BCUT2D eigenvalue weighted by Crippen LogP contribution is -2.47. The maximum Gasteiger partial charge on any atom is 0.268 e. The van der Waals surface area contributed by atoms with Crippen LogP contribution in [0.1, 0.15) is 18.1 Å². The number of para-hydroxylation sites is 2. The molecule has 0 aliphatic carbocycles. The van der Waals surface area contributed by atoms with Crippen LogP contribution in [0.4, 0.5) is 11.4 Å². The molecule has 1 aliphatic heterocycles. The van der Waals surface area contributed by atoms with Crippen molar-refractivity contribution in [3.05, 3.63) is 53.6 Å². The number of rotatable bonds is 3. The van der Waals surface area contributed by atoms with Gasteiger partial charge in [0.15, 0.2) is 6.10 Å². The largest absolute Gasteiger partial charge is 0.481 e. The summed E-state index contributed by atoms with van der Waals surface area (Å²) in [5, 5.41) is 2.78. The van der Waals surface area contributed by atoms with E-state index >= 15 is 0 Å². The van der Waals surface area contributed by atoms with E-state index in [1.165, 1.54) is 4.90 Å². The van der Waals surface area contributed by atoms with Gasteiger partial charge in [-0.2, -0.15) is 0 Å². The van der Waals surface area contributed by atoms with Crippen molar-refractivity contribution < 1.29 is 14.3 Å². The summed E-state index contributed by atoms with van der Waals surface area (Å²) in [4.78, 5) is 26.2. The molecule has 0 saturated heterocycles. The molecule has 5 nitrogen and oxygen atoms in total. The second-order valence-corrected chi connectivity index (χ2v) is 6.02. The van der Waals surface area contributed by atoms with Gasteiger partial charge in [-0.3, -0.25) is 14.5 Å². The van der Waals surface area contributed by atoms with Gasteiger partial charge in [-0.05, 0) is 50.1 Å². The monoisotopic (exact) mass is 324 g/mol. The van der Waals surface area contributed by atoms with Crippen LogP contribution in [0, 0.1) is 13.8 Å². The van der Waals surface area contributed by atoms with Gasteiger partial charge >= 0.3 is 0 Å². The molecule has 1 atom stereocenters. The number of carbonyl (C=O) groups excluding carboxylic acids is 2. The predicted molar refractivity (Wildman–Crippen MR) is 93.4 cm³/mol. The summed E-state index contributed by atoms with van der Waals surface area (Å²) in [5.74, 6) is 0.241. The molecular weight excluding hydrogens is 304 g/mol. The van der Waals surface area contributed by atoms with E-state index in [9.17, 15) is 9.59 Å². The van der Waals surface area contributed by atoms with Crippen LogP contribution in [0.2, 0.25) is 0 Å². The molecule has 3 rings (SSSR count). The lowest BCUT2D eigenvalue weighted by molar-refractivity contribution is -0.126. The van der Waals surface area contributed by atoms with Crippen LogP contribution in [0.3, 0.4) is 0 Å². The molecule has 0 fully saturated rings. The van der Waals surface area contributed by atoms with Crippen molar-refractivity contribution in [2.45, 2.75) is 26.9 Å². The molecule has 0 bridgehead atoms. The third-order valence-corrected chi connectivity index (χ3v) is 4.03. The Hall–Kier alpha value is -2.82. The summed E-state index contributed by atoms with van der Waals surface area (Å²) in [6, 6.07) is 13.1. The van der Waals surface area contributed by atoms with Crippen LogP contribution >= 0.6 is 0 Å². The molecule has 1 unspecified atom stereocenters. The Labute approximate surface area is 141 Å². The van der Waals surface area contributed by atoms with Crippen LogP contribution in [0.5, 0.6) is 5.75 Å². The second kappa shape index (κ2) is 6.35. The second-order valence-electron chi connectivity index (χ2n) is 6.02. The smallest absolute Gasteiger partial charge is 0.268 e. The molecule has 0 radical (unpaired) electrons. The van der Waals surface area contributed by atoms with Gasteiger partial charge in [0.2, 0.25) is 5.91 Å². The normalized spacial score (nSPS) is 14.6. The molecule has 5 heteroatoms. The van der Waals surface area contributed by atoms with E-state index < -0.39 is 6.10 Å². The quantitative estimate of drug-likeness (QED) is 0.944. The zero-order chi connectivity index (χ0) is 17.3. The number of hydrogen-bond donors (Lipinski definition) is 1. The number of amides is 2. The molecule has 0 spiro atoms. The van der Waals surface area contributed by atoms with Crippen molar-refractivity contribution >= 4 is 23.2 Å². The summed E-state index contributed by atoms with van der Waals surface area (Å²) < 4.78 is 5.87. The zero-order valence-electron chi connectivity index (χ0n) is 14.0. The number of nitrogens with one attached hydrogen (secondary N) is 1. The predicted octanol–water partition coefficient (Wildman–Crippen LogP) is 3.06. The van der Waals surface area contributed by atoms with E-state index in [2.05, 4.69) is 5.32 Å². The van der Waals surface area contributed by atoms with Crippen LogP contribution in [0.15, 0.2) is 42.5 Å². The molecule has 2 amide bonds. The molecule has 1 heterocycles. The van der Waals surface area contributed by atoms with Crippen molar-refractivity contribution in [2.24, 2.45) is 0 Å². The molecule has 1 aliphatic rings. The number of ether oxygens (including phenoxy) is 1. The van der Waals surface area contributed by atoms with Gasteiger partial charge in [-0.15, -0.1) is 0 Å². The third-order valence-electron chi connectivity index (χ3n) is 4.03. The van der Waals surface area contributed by atoms with Crippen molar-refractivity contribution in [3.63, 3.8) is 0 Å². The topological polar surface area (TPSA) is 58.6 Å². The third kappa shape index (κ3) is 3.11. The number of nitrogens with zero attached hydrogens (tertiary/aromatic N) is 1. The van der Waals surface area contributed by atoms with E-state index in [4.69, 9.17) is 4.74 Å². The molecule has 1 N–H and O–H groups in total. The number of hydrogen-bond acceptors (Lipinski definition) is 3. The number of carbonyl (C=O) groups is 2. The first kappa shape index (κ1) is 16.1. The van der Waals surface area contributed by atoms with Crippen LogP contribution < -0.4 is 15.0 Å². The Morgan fingerprint density at radius 2 is 1.96 bits per heavy atom. The summed E-state index contributed by atoms with van der Waals surface area (Å²) in [7, 11) is 0. The minimum absolute atomic E-state index is 0.00362. The van der Waals surface area contributed by atoms with Crippen LogP contribution in [-0.4, -0.2) is 24.5 Å². The highest BCUT2D eigenvalue weighted by Gasteiger charge is 2.30. The number of aryl methyl sites for hydroxylation is 2. The van der Waals surface area contributed by atoms with E-state index in [0.717, 1.165) is 11.1 Å². The summed E-state index contributed by atoms with van der Waals surface area (Å²) >= 11 is 0. The molecule has 2 aromatic rings. The Morgan fingerprint density at radius 1 is 1.21 bits per heavy atom. The Kier molecular flexibility index (Phi) is 4.25. The summed E-state index contributed by atoms with van der Waals surface area (Å²) in [6.07, 6.45) is -0.690. The number of fused-ring (bicyclic) bond motifs is 1. The standard InChI is InChI=1S/C19H20N2O3/c1-12-8-9-13(2)17(10-12)24-14(3)19(23)21-11-18(22)20-15-6-4-5-7-16(15)21/h4-10,14H,11H2,1-3H3,(H,20,22). The minimum Gasteiger partial charge on any atom is -0.481 e. The fourth-order valence-corrected chi connectivity index (χ4v) is 2.72. The van der Waals surface area contributed by atoms with Crippen molar-refractivity contribution in [3.8, 4) is 5.75 Å². The van der Waals surface area contributed by atoms with Gasteiger partial charge in [-0.25, -0.2) is 0 Å². The van der Waals surface area contributed by atoms with E-state index in [-0.39, 0.29) is 18.4 Å². The molecule has 2 aromatic carbocycles. The lowest BCUT2D eigenvalue weighted by atomic mass is 10.1. The Morgan fingerprint density at radius 3 is 2.75 bits per heavy atom. The van der Waals surface area contributed by atoms with Gasteiger partial charge in [0.25, 0.3) is 5.91 Å². The van der Waals surface area contributed by atoms with E-state index in [0.29, 0.717) is 17.1 Å². The van der Waals surface area contributed by atoms with Crippen molar-refractivity contribution in [2.75, 3.05) is 16.8 Å². The first-order valence-electron chi connectivity index (χ1n) is 7.90. The Bertz CT molecular complexity index is 801. The highest BCUT2D eigenvalue weighted by Crippen LogP contribution is 2.30. The number of benzene rings is 2. The first-order valence-corrected chi connectivity index (χ1v) is 7.90. The van der Waals surface area contributed by atoms with Gasteiger partial charge in [0.05, 0.1) is 11.4 Å². The van der Waals surface area contributed by atoms with Crippen molar-refractivity contribution in [1.29, 1.82) is 0 Å². The highest BCUT2D eigenvalue weighted by molar-refractivity contribution is 6.10. The van der Waals surface area contributed by atoms with Gasteiger partial charge < -0.3 is 10.1 Å². The average molecular weight is 324 g/mol. The summed E-state index contributed by atoms with van der Waals surface area (Å²) in [6.45, 7) is 5.62. The molecule has 0 saturated carbocycles. The van der Waals surface area contributed by atoms with Gasteiger partial charge in [0.1, 0.15) is 12.3 Å². The molecule has 0 aromatic heterocycles. The van der Waals surface area contributed by atoms with Gasteiger partial charge in [-0.1, -0.05) is 24.3 Å². The fraction of sp³-hybridized carbons (Fsp3) is 0.263. The summed E-state index contributed by atoms with van der Waals surface area (Å²) in [5.41, 5.74) is 3.37. The van der Waals surface area contributed by atoms with Gasteiger partial charge in [0, 0.05) is 0 Å². The Balaban J connectivity index is 1.83. The average Bonchev–Trinajstić information content (AvgIpc) is 2.56. The van der Waals surface area contributed by atoms with E-state index in [1.807, 2.05) is 50.2 Å². The zero-order valence-corrected chi connectivity index (χ0v) is 14.0. The minimum atomic E-state index is -0.690. The maximum atomic E-state index is 12.8. The molecule has 124 valence electrons. The number of anilines is 2. The highest BCUT2D eigenvalue weighted by atomic mass is 16.5. The lowest BCUT2D eigenvalue weighted by Gasteiger charge is -2.31. The van der Waals surface area contributed by atoms with Crippen molar-refractivity contribution in [1.82, 2.24) is 0 Å². The van der Waals surface area contributed by atoms with E-state index in [1.54, 1.807) is 13.0 Å². The SMILES string of the molecule is Cc1ccc(C)c(OC(C)C(=O)N2CC(=O)Nc3ccccc32)c1.